The molecule has 1 amide bonds. The highest BCUT2D eigenvalue weighted by Gasteiger charge is 2.15. The lowest BCUT2D eigenvalue weighted by molar-refractivity contribution is 0.102. The van der Waals surface area contributed by atoms with Crippen molar-refractivity contribution < 1.29 is 9.53 Å². The lowest BCUT2D eigenvalue weighted by Crippen LogP contribution is -2.21. The predicted octanol–water partition coefficient (Wildman–Crippen LogP) is 2.57. The van der Waals surface area contributed by atoms with Crippen molar-refractivity contribution in [3.05, 3.63) is 64.7 Å². The number of benzene rings is 2. The number of anilines is 1. The molecule has 0 aliphatic rings. The molecule has 0 spiro atoms. The molecule has 116 valence electrons. The first-order chi connectivity index (χ1) is 11.2. The van der Waals surface area contributed by atoms with E-state index in [1.54, 1.807) is 42.5 Å². The van der Waals surface area contributed by atoms with Crippen LogP contribution in [0, 0.1) is 0 Å². The monoisotopic (exact) mass is 309 g/mol. The number of amides is 1. The molecule has 0 fully saturated rings. The molecule has 6 nitrogen and oxygen atoms in total. The van der Waals surface area contributed by atoms with Crippen molar-refractivity contribution >= 4 is 22.5 Å². The van der Waals surface area contributed by atoms with E-state index in [1.165, 1.54) is 0 Å². The zero-order valence-corrected chi connectivity index (χ0v) is 12.5. The summed E-state index contributed by atoms with van der Waals surface area (Å²) < 4.78 is 5.48. The van der Waals surface area contributed by atoms with Crippen LogP contribution in [0.5, 0.6) is 5.75 Å². The quantitative estimate of drug-likeness (QED) is 0.776. The number of hydrogen-bond donors (Lipinski definition) is 2. The fraction of sp³-hybridized carbons (Fsp3) is 0.118. The fourth-order valence-corrected chi connectivity index (χ4v) is 2.31. The van der Waals surface area contributed by atoms with E-state index in [4.69, 9.17) is 4.74 Å². The van der Waals surface area contributed by atoms with Crippen LogP contribution in [0.15, 0.2) is 53.3 Å². The van der Waals surface area contributed by atoms with Crippen LogP contribution in [-0.4, -0.2) is 22.5 Å². The molecule has 3 rings (SSSR count). The van der Waals surface area contributed by atoms with Crippen LogP contribution >= 0.6 is 0 Å². The summed E-state index contributed by atoms with van der Waals surface area (Å²) in [5.41, 5.74) is 0.615. The molecular formula is C17H15N3O3. The molecule has 0 saturated carbocycles. The van der Waals surface area contributed by atoms with Gasteiger partial charge >= 0.3 is 5.69 Å². The van der Waals surface area contributed by atoms with E-state index in [1.807, 2.05) is 13.0 Å². The average Bonchev–Trinajstić information content (AvgIpc) is 2.56. The molecule has 0 radical (unpaired) electrons. The van der Waals surface area contributed by atoms with E-state index in [0.29, 0.717) is 28.9 Å². The summed E-state index contributed by atoms with van der Waals surface area (Å²) in [5, 5.41) is 3.33. The molecule has 0 saturated heterocycles. The van der Waals surface area contributed by atoms with Gasteiger partial charge in [-0.1, -0.05) is 30.3 Å². The van der Waals surface area contributed by atoms with Crippen molar-refractivity contribution in [2.45, 2.75) is 6.92 Å². The average molecular weight is 309 g/mol. The molecule has 3 aromatic rings. The number of carbonyl (C=O) groups excluding carboxylic acids is 1. The van der Waals surface area contributed by atoms with E-state index in [-0.39, 0.29) is 5.69 Å². The number of H-pyrrole nitrogens is 1. The van der Waals surface area contributed by atoms with Crippen LogP contribution in [0.2, 0.25) is 0 Å². The second-order valence-corrected chi connectivity index (χ2v) is 4.82. The van der Waals surface area contributed by atoms with Gasteiger partial charge in [-0.05, 0) is 25.1 Å². The first-order valence-corrected chi connectivity index (χ1v) is 7.21. The maximum atomic E-state index is 12.6. The molecule has 2 N–H and O–H groups in total. The van der Waals surface area contributed by atoms with E-state index in [2.05, 4.69) is 15.3 Å². The number of aromatic amines is 1. The molecular weight excluding hydrogens is 294 g/mol. The van der Waals surface area contributed by atoms with Gasteiger partial charge in [-0.2, -0.15) is 4.98 Å². The molecule has 23 heavy (non-hydrogen) atoms. The molecule has 1 aromatic heterocycles. The number of aromatic nitrogens is 2. The minimum Gasteiger partial charge on any atom is -0.492 e. The second kappa shape index (κ2) is 6.31. The summed E-state index contributed by atoms with van der Waals surface area (Å²) >= 11 is 0. The van der Waals surface area contributed by atoms with E-state index >= 15 is 0 Å². The van der Waals surface area contributed by atoms with E-state index < -0.39 is 11.6 Å². The van der Waals surface area contributed by atoms with Gasteiger partial charge < -0.3 is 15.0 Å². The van der Waals surface area contributed by atoms with Gasteiger partial charge in [-0.15, -0.1) is 0 Å². The van der Waals surface area contributed by atoms with Gasteiger partial charge in [0.1, 0.15) is 11.4 Å². The Balaban J connectivity index is 2.00. The Bertz CT molecular complexity index is 918. The van der Waals surface area contributed by atoms with Gasteiger partial charge in [-0.3, -0.25) is 4.79 Å². The topological polar surface area (TPSA) is 84.1 Å². The maximum absolute atomic E-state index is 12.6. The molecule has 0 aliphatic carbocycles. The summed E-state index contributed by atoms with van der Waals surface area (Å²) in [6.45, 7) is 2.35. The predicted molar refractivity (Wildman–Crippen MR) is 87.9 cm³/mol. The Hall–Kier alpha value is -3.15. The maximum Gasteiger partial charge on any atom is 0.346 e. The van der Waals surface area contributed by atoms with Gasteiger partial charge in [0.2, 0.25) is 0 Å². The zero-order chi connectivity index (χ0) is 16.2. The first-order valence-electron chi connectivity index (χ1n) is 7.21. The third-order valence-electron chi connectivity index (χ3n) is 3.29. The number of para-hydroxylation sites is 3. The molecule has 2 aromatic carbocycles. The highest BCUT2D eigenvalue weighted by molar-refractivity contribution is 6.11. The van der Waals surface area contributed by atoms with Crippen LogP contribution < -0.4 is 15.7 Å². The van der Waals surface area contributed by atoms with Crippen molar-refractivity contribution in [1.82, 2.24) is 9.97 Å². The van der Waals surface area contributed by atoms with Gasteiger partial charge in [-0.25, -0.2) is 4.79 Å². The Morgan fingerprint density at radius 3 is 2.74 bits per heavy atom. The highest BCUT2D eigenvalue weighted by atomic mass is 16.5. The first kappa shape index (κ1) is 14.8. The van der Waals surface area contributed by atoms with Gasteiger partial charge in [0, 0.05) is 5.39 Å². The van der Waals surface area contributed by atoms with Gasteiger partial charge in [0.25, 0.3) is 5.91 Å². The molecule has 1 heterocycles. The SMILES string of the molecule is CCOc1ccccc1NC(=O)c1nc(=O)[nH]c2ccccc12. The van der Waals surface area contributed by atoms with Crippen LogP contribution in [0.25, 0.3) is 10.9 Å². The molecule has 0 unspecified atom stereocenters. The standard InChI is InChI=1S/C17H15N3O3/c1-2-23-14-10-6-5-9-13(14)18-16(21)15-11-7-3-4-8-12(11)19-17(22)20-15/h3-10H,2H2,1H3,(H,18,21)(H,19,20,22). The van der Waals surface area contributed by atoms with Crippen LogP contribution in [0.4, 0.5) is 5.69 Å². The number of carbonyl (C=O) groups is 1. The molecule has 6 heteroatoms. The number of fused-ring (bicyclic) bond motifs is 1. The smallest absolute Gasteiger partial charge is 0.346 e. The van der Waals surface area contributed by atoms with Crippen molar-refractivity contribution in [3.63, 3.8) is 0 Å². The molecule has 0 bridgehead atoms. The lowest BCUT2D eigenvalue weighted by atomic mass is 10.1. The Labute approximate surface area is 132 Å². The van der Waals surface area contributed by atoms with Crippen LogP contribution in [-0.2, 0) is 0 Å². The summed E-state index contributed by atoms with van der Waals surface area (Å²) in [7, 11) is 0. The van der Waals surface area contributed by atoms with E-state index in [9.17, 15) is 9.59 Å². The van der Waals surface area contributed by atoms with Crippen molar-refractivity contribution in [3.8, 4) is 5.75 Å². The summed E-state index contributed by atoms with van der Waals surface area (Å²) in [4.78, 5) is 30.6. The van der Waals surface area contributed by atoms with E-state index in [0.717, 1.165) is 0 Å². The Morgan fingerprint density at radius 1 is 1.17 bits per heavy atom. The summed E-state index contributed by atoms with van der Waals surface area (Å²) in [6, 6.07) is 14.1. The summed E-state index contributed by atoms with van der Waals surface area (Å²) in [5.74, 6) is 0.108. The molecule has 0 aliphatic heterocycles. The van der Waals surface area contributed by atoms with Crippen molar-refractivity contribution in [1.29, 1.82) is 0 Å². The van der Waals surface area contributed by atoms with Crippen molar-refractivity contribution in [2.24, 2.45) is 0 Å². The third-order valence-corrected chi connectivity index (χ3v) is 3.29. The normalized spacial score (nSPS) is 10.5. The zero-order valence-electron chi connectivity index (χ0n) is 12.5. The van der Waals surface area contributed by atoms with Gasteiger partial charge in [0.05, 0.1) is 17.8 Å². The number of hydrogen-bond acceptors (Lipinski definition) is 4. The number of nitrogens with zero attached hydrogens (tertiary/aromatic N) is 1. The number of nitrogens with one attached hydrogen (secondary N) is 2. The van der Waals surface area contributed by atoms with Crippen LogP contribution in [0.1, 0.15) is 17.4 Å². The van der Waals surface area contributed by atoms with Crippen molar-refractivity contribution in [2.75, 3.05) is 11.9 Å². The Kier molecular flexibility index (Phi) is 4.05. The largest absolute Gasteiger partial charge is 0.492 e. The number of rotatable bonds is 4. The summed E-state index contributed by atoms with van der Waals surface area (Å²) in [6.07, 6.45) is 0. The van der Waals surface area contributed by atoms with Crippen LogP contribution in [0.3, 0.4) is 0 Å². The fourth-order valence-electron chi connectivity index (χ4n) is 2.31. The number of ether oxygens (including phenoxy) is 1. The second-order valence-electron chi connectivity index (χ2n) is 4.82. The highest BCUT2D eigenvalue weighted by Crippen LogP contribution is 2.24. The lowest BCUT2D eigenvalue weighted by Gasteiger charge is -2.11. The minimum absolute atomic E-state index is 0.0793. The van der Waals surface area contributed by atoms with Gasteiger partial charge in [0.15, 0.2) is 0 Å². The third kappa shape index (κ3) is 3.06. The molecule has 0 atom stereocenters. The minimum atomic E-state index is -0.563. The Morgan fingerprint density at radius 2 is 1.91 bits per heavy atom.